The van der Waals surface area contributed by atoms with E-state index in [0.717, 1.165) is 13.2 Å². The van der Waals surface area contributed by atoms with E-state index in [9.17, 15) is 13.2 Å². The lowest BCUT2D eigenvalue weighted by atomic mass is 10.2. The van der Waals surface area contributed by atoms with Gasteiger partial charge in [0.15, 0.2) is 0 Å². The molecule has 0 aromatic heterocycles. The number of rotatable bonds is 0. The molecule has 0 fully saturated rings. The second-order valence-corrected chi connectivity index (χ2v) is 5.72. The number of alkyl halides is 3. The molecule has 1 aromatic carbocycles. The number of aliphatic hydroxyl groups excluding tert-OH is 1. The van der Waals surface area contributed by atoms with Gasteiger partial charge in [-0.2, -0.15) is 13.2 Å². The average Bonchev–Trinajstić information content (AvgIpc) is 2.68. The number of benzene rings is 1. The highest BCUT2D eigenvalue weighted by Gasteiger charge is 2.42. The van der Waals surface area contributed by atoms with Crippen LogP contribution in [0.4, 0.5) is 13.2 Å². The van der Waals surface area contributed by atoms with Crippen molar-refractivity contribution in [3.05, 3.63) is 41.7 Å². The first-order valence-corrected chi connectivity index (χ1v) is 8.56. The Bertz CT molecular complexity index is 788. The van der Waals surface area contributed by atoms with Gasteiger partial charge >= 0.3 is 17.8 Å². The maximum atomic E-state index is 13.2. The zero-order valence-corrected chi connectivity index (χ0v) is 15.0. The topological polar surface area (TPSA) is 66.4 Å². The average molecular weight is 388 g/mol. The van der Waals surface area contributed by atoms with Crippen LogP contribution < -0.4 is 4.74 Å². The summed E-state index contributed by atoms with van der Waals surface area (Å²) in [6.45, 7) is 1.42. The molecule has 3 rings (SSSR count). The fraction of sp³-hybridized carbons (Fsp3) is 0.312. The number of aliphatic hydroxyl groups is 1. The molecule has 0 saturated heterocycles. The Kier molecular flexibility index (Phi) is 6.43. The second kappa shape index (κ2) is 8.37. The summed E-state index contributed by atoms with van der Waals surface area (Å²) in [7, 11) is 1.00. The Morgan fingerprint density at radius 2 is 1.85 bits per heavy atom. The number of hydrogen-bond acceptors (Lipinski definition) is 6. The Morgan fingerprint density at radius 3 is 2.50 bits per heavy atom. The number of para-hydroxylation sites is 1. The minimum absolute atomic E-state index is 0.0752. The van der Waals surface area contributed by atoms with Crippen LogP contribution in [-0.4, -0.2) is 52.7 Å². The zero-order chi connectivity index (χ0) is 19.3. The van der Waals surface area contributed by atoms with E-state index in [-0.39, 0.29) is 5.71 Å². The molecule has 2 aliphatic heterocycles. The van der Waals surface area contributed by atoms with E-state index in [2.05, 4.69) is 10.2 Å². The summed E-state index contributed by atoms with van der Waals surface area (Å²) in [6.07, 6.45) is -1.84. The van der Waals surface area contributed by atoms with E-state index in [1.807, 2.05) is 0 Å². The number of allylic oxidation sites excluding steroid dienone is 2. The van der Waals surface area contributed by atoms with Crippen LogP contribution in [0, 0.1) is 0 Å². The largest absolute Gasteiger partial charge is 0.449 e. The molecular weight excluding hydrogens is 371 g/mol. The maximum Gasteiger partial charge on any atom is 0.449 e. The van der Waals surface area contributed by atoms with Crippen LogP contribution in [0.15, 0.2) is 46.3 Å². The summed E-state index contributed by atoms with van der Waals surface area (Å²) in [5.41, 5.74) is 0.780. The fourth-order valence-corrected chi connectivity index (χ4v) is 2.60. The van der Waals surface area contributed by atoms with Crippen molar-refractivity contribution < 1.29 is 32.3 Å². The molecule has 0 amide bonds. The first-order valence-electron chi connectivity index (χ1n) is 7.34. The van der Waals surface area contributed by atoms with E-state index in [1.165, 1.54) is 23.3 Å². The molecule has 26 heavy (non-hydrogen) atoms. The predicted molar refractivity (Wildman–Crippen MR) is 93.7 cm³/mol. The number of fused-ring (bicyclic) bond motifs is 2. The minimum Gasteiger partial charge on any atom is -0.419 e. The molecule has 0 saturated carbocycles. The Balaban J connectivity index is 0.00000117. The van der Waals surface area contributed by atoms with Crippen molar-refractivity contribution >= 4 is 28.9 Å². The van der Waals surface area contributed by atoms with Crippen LogP contribution in [0.5, 0.6) is 5.75 Å². The van der Waals surface area contributed by atoms with E-state index in [0.29, 0.717) is 16.5 Å². The monoisotopic (exact) mass is 388 g/mol. The van der Waals surface area contributed by atoms with E-state index in [4.69, 9.17) is 14.6 Å². The van der Waals surface area contributed by atoms with Crippen molar-refractivity contribution in [2.75, 3.05) is 13.4 Å². The SMILES string of the molecule is CO.CS/C1=N/N=C(C)/C=C(/C(F)(F)F)OC2Oc3ccccc3C=[N+]12. The number of hydrogen-bond donors (Lipinski definition) is 1. The number of nitrogens with zero attached hydrogens (tertiary/aromatic N) is 3. The molecule has 140 valence electrons. The van der Waals surface area contributed by atoms with Gasteiger partial charge in [0.05, 0.1) is 16.4 Å². The van der Waals surface area contributed by atoms with E-state index < -0.39 is 18.3 Å². The molecule has 0 spiro atoms. The van der Waals surface area contributed by atoms with Crippen LogP contribution in [0.25, 0.3) is 0 Å². The first-order chi connectivity index (χ1) is 12.4. The van der Waals surface area contributed by atoms with Gasteiger partial charge in [0.25, 0.3) is 0 Å². The lowest BCUT2D eigenvalue weighted by Gasteiger charge is -2.25. The number of thioether (sulfide) groups is 1. The zero-order valence-electron chi connectivity index (χ0n) is 14.2. The van der Waals surface area contributed by atoms with Gasteiger partial charge in [-0.05, 0) is 42.2 Å². The van der Waals surface area contributed by atoms with Gasteiger partial charge in [0.1, 0.15) is 12.0 Å². The number of halogens is 3. The molecule has 1 N–H and O–H groups in total. The Labute approximate surface area is 152 Å². The van der Waals surface area contributed by atoms with Crippen molar-refractivity contribution in [1.29, 1.82) is 0 Å². The van der Waals surface area contributed by atoms with Gasteiger partial charge in [-0.15, -0.1) is 4.58 Å². The minimum atomic E-state index is -4.67. The summed E-state index contributed by atoms with van der Waals surface area (Å²) < 4.78 is 51.8. The lowest BCUT2D eigenvalue weighted by molar-refractivity contribution is -0.560. The lowest BCUT2D eigenvalue weighted by Crippen LogP contribution is -2.42. The van der Waals surface area contributed by atoms with Crippen LogP contribution >= 0.6 is 11.8 Å². The highest BCUT2D eigenvalue weighted by atomic mass is 32.2. The molecule has 6 nitrogen and oxygen atoms in total. The second-order valence-electron chi connectivity index (χ2n) is 4.95. The molecule has 2 aliphatic rings. The van der Waals surface area contributed by atoms with Crippen LogP contribution in [0.3, 0.4) is 0 Å². The van der Waals surface area contributed by atoms with Crippen LogP contribution in [-0.2, 0) is 4.74 Å². The van der Waals surface area contributed by atoms with E-state index >= 15 is 0 Å². The van der Waals surface area contributed by atoms with Crippen molar-refractivity contribution in [1.82, 2.24) is 0 Å². The van der Waals surface area contributed by atoms with Gasteiger partial charge in [0, 0.05) is 13.2 Å². The molecule has 10 heteroatoms. The summed E-state index contributed by atoms with van der Waals surface area (Å²) in [5, 5.41) is 15.2. The van der Waals surface area contributed by atoms with Gasteiger partial charge in [-0.25, -0.2) is 0 Å². The maximum absolute atomic E-state index is 13.2. The van der Waals surface area contributed by atoms with Gasteiger partial charge in [0.2, 0.25) is 5.76 Å². The first kappa shape index (κ1) is 20.0. The summed E-state index contributed by atoms with van der Waals surface area (Å²) >= 11 is 1.22. The summed E-state index contributed by atoms with van der Waals surface area (Å²) in [6, 6.07) is 6.98. The highest BCUT2D eigenvalue weighted by molar-refractivity contribution is 8.12. The van der Waals surface area contributed by atoms with Crippen molar-refractivity contribution in [2.24, 2.45) is 10.2 Å². The van der Waals surface area contributed by atoms with Crippen molar-refractivity contribution in [3.8, 4) is 5.75 Å². The summed E-state index contributed by atoms with van der Waals surface area (Å²) in [5.74, 6) is -0.762. The van der Waals surface area contributed by atoms with E-state index in [1.54, 1.807) is 36.7 Å². The van der Waals surface area contributed by atoms with Crippen molar-refractivity contribution in [3.63, 3.8) is 0 Å². The van der Waals surface area contributed by atoms with Crippen LogP contribution in [0.2, 0.25) is 0 Å². The molecule has 1 unspecified atom stereocenters. The molecule has 1 aromatic rings. The Morgan fingerprint density at radius 1 is 1.15 bits per heavy atom. The highest BCUT2D eigenvalue weighted by Crippen LogP contribution is 2.31. The molecule has 0 radical (unpaired) electrons. The Hall–Kier alpha value is -2.33. The number of amidine groups is 1. The third-order valence-electron chi connectivity index (χ3n) is 3.20. The van der Waals surface area contributed by atoms with Gasteiger partial charge in [-0.1, -0.05) is 12.1 Å². The quantitative estimate of drug-likeness (QED) is 0.694. The molecular formula is C16H17F3N3O3S+. The van der Waals surface area contributed by atoms with Gasteiger partial charge in [-0.3, -0.25) is 0 Å². The third-order valence-corrected chi connectivity index (χ3v) is 3.85. The van der Waals surface area contributed by atoms with Gasteiger partial charge < -0.3 is 14.6 Å². The normalized spacial score (nSPS) is 25.1. The fourth-order valence-electron chi connectivity index (χ4n) is 2.13. The number of ether oxygens (including phenoxy) is 2. The third kappa shape index (κ3) is 4.44. The molecule has 1 atom stereocenters. The predicted octanol–water partition coefficient (Wildman–Crippen LogP) is 2.97. The molecule has 0 bridgehead atoms. The summed E-state index contributed by atoms with van der Waals surface area (Å²) in [4.78, 5) is 0. The van der Waals surface area contributed by atoms with Crippen LogP contribution in [0.1, 0.15) is 12.5 Å². The smallest absolute Gasteiger partial charge is 0.419 e. The van der Waals surface area contributed by atoms with Crippen molar-refractivity contribution in [2.45, 2.75) is 19.5 Å². The molecule has 2 heterocycles. The molecule has 0 aliphatic carbocycles. The standard InChI is InChI=1S/C15H13F3N3O2S.CH4O/c1-9-7-12(15(16,17)18)23-14-21(13(24-2)20-19-9)8-10-5-3-4-6-11(10)22-14;1-2/h3-8,14H,1-2H3;2H,1H3/q+1;/b12-7-,19-9+,20-13+;.